The number of aromatic nitrogens is 2. The summed E-state index contributed by atoms with van der Waals surface area (Å²) in [7, 11) is 0. The first kappa shape index (κ1) is 18.4. The van der Waals surface area contributed by atoms with Gasteiger partial charge in [0.05, 0.1) is 12.2 Å². The van der Waals surface area contributed by atoms with Crippen LogP contribution in [0, 0.1) is 13.8 Å². The first-order valence-corrected chi connectivity index (χ1v) is 9.76. The molecule has 4 rings (SSSR count). The normalized spacial score (nSPS) is 16.5. The topological polar surface area (TPSA) is 64.2 Å². The minimum atomic E-state index is 0.0627. The molecule has 0 radical (unpaired) electrons. The van der Waals surface area contributed by atoms with E-state index in [1.165, 1.54) is 5.56 Å². The van der Waals surface area contributed by atoms with Crippen molar-refractivity contribution in [2.75, 3.05) is 13.1 Å². The lowest BCUT2D eigenvalue weighted by molar-refractivity contribution is 0.0791. The molecule has 144 valence electrons. The Bertz CT molecular complexity index is 976. The smallest absolute Gasteiger partial charge is 0.253 e. The fourth-order valence-corrected chi connectivity index (χ4v) is 3.96. The van der Waals surface area contributed by atoms with Crippen molar-refractivity contribution in [1.82, 2.24) is 14.7 Å². The van der Waals surface area contributed by atoms with E-state index in [9.17, 15) is 4.79 Å². The van der Waals surface area contributed by atoms with Gasteiger partial charge in [0.15, 0.2) is 0 Å². The molecular weight excluding hydrogens is 348 g/mol. The van der Waals surface area contributed by atoms with E-state index in [0.717, 1.165) is 42.0 Å². The van der Waals surface area contributed by atoms with Crippen LogP contribution in [-0.2, 0) is 6.54 Å². The zero-order valence-electron chi connectivity index (χ0n) is 16.4. The number of hydrogen-bond acceptors (Lipinski definition) is 3. The summed E-state index contributed by atoms with van der Waals surface area (Å²) >= 11 is 0. The maximum absolute atomic E-state index is 12.6. The monoisotopic (exact) mass is 374 g/mol. The minimum absolute atomic E-state index is 0.0627. The number of amides is 1. The van der Waals surface area contributed by atoms with Crippen LogP contribution in [0.1, 0.15) is 33.7 Å². The van der Waals surface area contributed by atoms with Crippen molar-refractivity contribution in [1.29, 1.82) is 0 Å². The molecule has 0 bridgehead atoms. The van der Waals surface area contributed by atoms with E-state index in [1.54, 1.807) is 0 Å². The van der Waals surface area contributed by atoms with Gasteiger partial charge in [-0.2, -0.15) is 5.10 Å². The number of nitrogens with two attached hydrogens (primary N) is 1. The van der Waals surface area contributed by atoms with Crippen molar-refractivity contribution in [3.05, 3.63) is 77.1 Å². The lowest BCUT2D eigenvalue weighted by atomic mass is 10.0. The van der Waals surface area contributed by atoms with E-state index in [4.69, 9.17) is 10.8 Å². The highest BCUT2D eigenvalue weighted by molar-refractivity contribution is 5.95. The Morgan fingerprint density at radius 3 is 2.46 bits per heavy atom. The molecule has 1 aliphatic heterocycles. The predicted molar refractivity (Wildman–Crippen MR) is 111 cm³/mol. The Morgan fingerprint density at radius 1 is 1.11 bits per heavy atom. The molecule has 5 heteroatoms. The number of aryl methyl sites for hydroxylation is 1. The van der Waals surface area contributed by atoms with Crippen molar-refractivity contribution in [2.45, 2.75) is 32.9 Å². The molecule has 0 aliphatic carbocycles. The maximum Gasteiger partial charge on any atom is 0.253 e. The summed E-state index contributed by atoms with van der Waals surface area (Å²) in [5.74, 6) is 0.0627. The standard InChI is InChI=1S/C23H26N4O/c1-16-22(17(2)27(25-16)14-18-6-4-3-5-7-18)19-8-10-20(11-9-19)23(28)26-13-12-21(24)15-26/h3-11,21H,12-15,24H2,1-2H3/t21-/m0/s1. The van der Waals surface area contributed by atoms with Crippen LogP contribution in [0.4, 0.5) is 0 Å². The van der Waals surface area contributed by atoms with Gasteiger partial charge in [0.2, 0.25) is 0 Å². The Hall–Kier alpha value is -2.92. The lowest BCUT2D eigenvalue weighted by Gasteiger charge is -2.16. The number of hydrogen-bond donors (Lipinski definition) is 1. The lowest BCUT2D eigenvalue weighted by Crippen LogP contribution is -2.31. The number of nitrogens with zero attached hydrogens (tertiary/aromatic N) is 3. The van der Waals surface area contributed by atoms with Gasteiger partial charge in [-0.15, -0.1) is 0 Å². The third-order valence-electron chi connectivity index (χ3n) is 5.49. The van der Waals surface area contributed by atoms with Crippen LogP contribution in [0.3, 0.4) is 0 Å². The summed E-state index contributed by atoms with van der Waals surface area (Å²) in [5, 5.41) is 4.74. The molecule has 5 nitrogen and oxygen atoms in total. The molecule has 1 fully saturated rings. The summed E-state index contributed by atoms with van der Waals surface area (Å²) in [5.41, 5.74) is 12.2. The van der Waals surface area contributed by atoms with Gasteiger partial charge in [0, 0.05) is 36.0 Å². The Morgan fingerprint density at radius 2 is 1.82 bits per heavy atom. The molecule has 1 atom stereocenters. The second-order valence-corrected chi connectivity index (χ2v) is 7.57. The van der Waals surface area contributed by atoms with Gasteiger partial charge in [0.1, 0.15) is 0 Å². The zero-order valence-corrected chi connectivity index (χ0v) is 16.4. The first-order valence-electron chi connectivity index (χ1n) is 9.76. The Labute approximate surface area is 165 Å². The van der Waals surface area contributed by atoms with Gasteiger partial charge in [0.25, 0.3) is 5.91 Å². The van der Waals surface area contributed by atoms with E-state index in [1.807, 2.05) is 59.0 Å². The SMILES string of the molecule is Cc1nn(Cc2ccccc2)c(C)c1-c1ccc(C(=O)N2CC[C@H](N)C2)cc1. The number of carbonyl (C=O) groups is 1. The van der Waals surface area contributed by atoms with Crippen LogP contribution in [0.25, 0.3) is 11.1 Å². The number of rotatable bonds is 4. The van der Waals surface area contributed by atoms with Crippen LogP contribution in [-0.4, -0.2) is 39.7 Å². The summed E-state index contributed by atoms with van der Waals surface area (Å²) in [4.78, 5) is 14.5. The van der Waals surface area contributed by atoms with Gasteiger partial charge in [-0.25, -0.2) is 0 Å². The molecule has 2 N–H and O–H groups in total. The molecular formula is C23H26N4O. The average Bonchev–Trinajstić information content (AvgIpc) is 3.25. The van der Waals surface area contributed by atoms with E-state index >= 15 is 0 Å². The predicted octanol–water partition coefficient (Wildman–Crippen LogP) is 3.39. The van der Waals surface area contributed by atoms with Crippen LogP contribution in [0.2, 0.25) is 0 Å². The molecule has 2 aromatic carbocycles. The summed E-state index contributed by atoms with van der Waals surface area (Å²) < 4.78 is 2.05. The summed E-state index contributed by atoms with van der Waals surface area (Å²) in [6, 6.07) is 18.3. The molecule has 0 spiro atoms. The quantitative estimate of drug-likeness (QED) is 0.761. The Balaban J connectivity index is 1.57. The second-order valence-electron chi connectivity index (χ2n) is 7.57. The molecule has 1 saturated heterocycles. The fourth-order valence-electron chi connectivity index (χ4n) is 3.96. The number of carbonyl (C=O) groups excluding carboxylic acids is 1. The molecule has 28 heavy (non-hydrogen) atoms. The summed E-state index contributed by atoms with van der Waals surface area (Å²) in [6.07, 6.45) is 0.878. The molecule has 3 aromatic rings. The van der Waals surface area contributed by atoms with E-state index in [2.05, 4.69) is 19.1 Å². The van der Waals surface area contributed by atoms with Crippen molar-refractivity contribution in [3.8, 4) is 11.1 Å². The fraction of sp³-hybridized carbons (Fsp3) is 0.304. The molecule has 2 heterocycles. The van der Waals surface area contributed by atoms with E-state index in [0.29, 0.717) is 12.1 Å². The minimum Gasteiger partial charge on any atom is -0.337 e. The van der Waals surface area contributed by atoms with Crippen molar-refractivity contribution >= 4 is 5.91 Å². The van der Waals surface area contributed by atoms with Crippen LogP contribution in [0.5, 0.6) is 0 Å². The number of likely N-dealkylation sites (tertiary alicyclic amines) is 1. The molecule has 0 unspecified atom stereocenters. The van der Waals surface area contributed by atoms with Gasteiger partial charge < -0.3 is 10.6 Å². The average molecular weight is 374 g/mol. The second kappa shape index (κ2) is 7.60. The van der Waals surface area contributed by atoms with Crippen molar-refractivity contribution in [2.24, 2.45) is 5.73 Å². The highest BCUT2D eigenvalue weighted by atomic mass is 16.2. The zero-order chi connectivity index (χ0) is 19.7. The van der Waals surface area contributed by atoms with Gasteiger partial charge in [-0.3, -0.25) is 9.48 Å². The largest absolute Gasteiger partial charge is 0.337 e. The highest BCUT2D eigenvalue weighted by Gasteiger charge is 2.24. The number of benzene rings is 2. The van der Waals surface area contributed by atoms with Crippen LogP contribution >= 0.6 is 0 Å². The highest BCUT2D eigenvalue weighted by Crippen LogP contribution is 2.28. The molecule has 1 aliphatic rings. The van der Waals surface area contributed by atoms with E-state index < -0.39 is 0 Å². The maximum atomic E-state index is 12.6. The van der Waals surface area contributed by atoms with E-state index in [-0.39, 0.29) is 11.9 Å². The van der Waals surface area contributed by atoms with Gasteiger partial charge >= 0.3 is 0 Å². The first-order chi connectivity index (χ1) is 13.5. The van der Waals surface area contributed by atoms with Crippen LogP contribution in [0.15, 0.2) is 54.6 Å². The molecule has 0 saturated carbocycles. The Kier molecular flexibility index (Phi) is 5.01. The van der Waals surface area contributed by atoms with Crippen LogP contribution < -0.4 is 5.73 Å². The van der Waals surface area contributed by atoms with Crippen molar-refractivity contribution < 1.29 is 4.79 Å². The molecule has 1 amide bonds. The van der Waals surface area contributed by atoms with Crippen molar-refractivity contribution in [3.63, 3.8) is 0 Å². The molecule has 1 aromatic heterocycles. The van der Waals surface area contributed by atoms with Gasteiger partial charge in [-0.1, -0.05) is 42.5 Å². The van der Waals surface area contributed by atoms with Gasteiger partial charge in [-0.05, 0) is 43.5 Å². The third-order valence-corrected chi connectivity index (χ3v) is 5.49. The third kappa shape index (κ3) is 3.58. The summed E-state index contributed by atoms with van der Waals surface area (Å²) in [6.45, 7) is 6.27.